The van der Waals surface area contributed by atoms with Gasteiger partial charge in [0.1, 0.15) is 0 Å². The zero-order valence-electron chi connectivity index (χ0n) is 12.4. The minimum Gasteiger partial charge on any atom is -0.436 e. The molecule has 0 saturated heterocycles. The van der Waals surface area contributed by atoms with Crippen LogP contribution in [0.3, 0.4) is 0 Å². The highest BCUT2D eigenvalue weighted by molar-refractivity contribution is 5.69. The highest BCUT2D eigenvalue weighted by Crippen LogP contribution is 2.06. The van der Waals surface area contributed by atoms with E-state index in [0.717, 1.165) is 19.3 Å². The van der Waals surface area contributed by atoms with Gasteiger partial charge < -0.3 is 9.47 Å². The van der Waals surface area contributed by atoms with Crippen LogP contribution in [0.2, 0.25) is 0 Å². The summed E-state index contributed by atoms with van der Waals surface area (Å²) in [6, 6.07) is 0. The molecule has 3 heteroatoms. The molecule has 18 heavy (non-hydrogen) atoms. The van der Waals surface area contributed by atoms with Crippen LogP contribution >= 0.6 is 0 Å². The molecule has 0 amide bonds. The third-order valence-electron chi connectivity index (χ3n) is 2.88. The predicted octanol–water partition coefficient (Wildman–Crippen LogP) is 4.44. The molecular weight excluding hydrogens is 228 g/mol. The maximum Gasteiger partial charge on any atom is 0.308 e. The van der Waals surface area contributed by atoms with Gasteiger partial charge in [-0.15, -0.1) is 0 Å². The molecule has 0 bridgehead atoms. The smallest absolute Gasteiger partial charge is 0.308 e. The summed E-state index contributed by atoms with van der Waals surface area (Å²) < 4.78 is 10.6. The summed E-state index contributed by atoms with van der Waals surface area (Å²) in [5.41, 5.74) is 0. The van der Waals surface area contributed by atoms with Crippen molar-refractivity contribution in [3.63, 3.8) is 0 Å². The highest BCUT2D eigenvalue weighted by atomic mass is 16.7. The monoisotopic (exact) mass is 258 g/mol. The first-order valence-electron chi connectivity index (χ1n) is 7.51. The van der Waals surface area contributed by atoms with Crippen LogP contribution in [0, 0.1) is 0 Å². The van der Waals surface area contributed by atoms with Crippen LogP contribution in [0.15, 0.2) is 0 Å². The van der Waals surface area contributed by atoms with Crippen molar-refractivity contribution >= 4 is 5.97 Å². The Kier molecular flexibility index (Phi) is 12.5. The van der Waals surface area contributed by atoms with Gasteiger partial charge in [-0.3, -0.25) is 4.79 Å². The van der Waals surface area contributed by atoms with Crippen molar-refractivity contribution in [2.45, 2.75) is 84.8 Å². The fraction of sp³-hybridized carbons (Fsp3) is 0.933. The summed E-state index contributed by atoms with van der Waals surface area (Å²) in [4.78, 5) is 11.4. The normalized spacial score (nSPS) is 12.4. The Bertz CT molecular complexity index is 192. The van der Waals surface area contributed by atoms with Crippen molar-refractivity contribution in [2.24, 2.45) is 0 Å². The number of carbonyl (C=O) groups is 1. The van der Waals surface area contributed by atoms with Gasteiger partial charge in [0.15, 0.2) is 6.29 Å². The van der Waals surface area contributed by atoms with Crippen LogP contribution in [0.5, 0.6) is 0 Å². The molecule has 1 atom stereocenters. The van der Waals surface area contributed by atoms with Crippen LogP contribution < -0.4 is 0 Å². The summed E-state index contributed by atoms with van der Waals surface area (Å²) in [5, 5.41) is 0. The third-order valence-corrected chi connectivity index (χ3v) is 2.88. The van der Waals surface area contributed by atoms with Gasteiger partial charge in [-0.25, -0.2) is 0 Å². The average molecular weight is 258 g/mol. The molecule has 0 unspecified atom stereocenters. The summed E-state index contributed by atoms with van der Waals surface area (Å²) in [7, 11) is 0. The zero-order chi connectivity index (χ0) is 13.6. The van der Waals surface area contributed by atoms with Gasteiger partial charge in [-0.1, -0.05) is 52.4 Å². The standard InChI is InChI=1S/C15H30O3/c1-4-6-8-10-12-15(16)18-14(3)17-13-11-9-7-5-2/h14H,4-13H2,1-3H3/t14-/m1/s1. The maximum absolute atomic E-state index is 11.4. The van der Waals surface area contributed by atoms with Crippen molar-refractivity contribution < 1.29 is 14.3 Å². The Balaban J connectivity index is 3.37. The molecule has 0 aliphatic rings. The van der Waals surface area contributed by atoms with E-state index >= 15 is 0 Å². The average Bonchev–Trinajstić information content (AvgIpc) is 2.34. The first-order chi connectivity index (χ1) is 8.70. The molecule has 0 saturated carbocycles. The second-order valence-corrected chi connectivity index (χ2v) is 4.80. The molecule has 0 aliphatic heterocycles. The Labute approximate surface area is 112 Å². The number of rotatable bonds is 12. The first kappa shape index (κ1) is 17.4. The molecule has 0 aromatic rings. The highest BCUT2D eigenvalue weighted by Gasteiger charge is 2.08. The quantitative estimate of drug-likeness (QED) is 0.295. The molecule has 108 valence electrons. The minimum absolute atomic E-state index is 0.132. The largest absolute Gasteiger partial charge is 0.436 e. The lowest BCUT2D eigenvalue weighted by Gasteiger charge is -2.14. The molecule has 0 heterocycles. The van der Waals surface area contributed by atoms with E-state index in [1.54, 1.807) is 6.92 Å². The van der Waals surface area contributed by atoms with E-state index in [4.69, 9.17) is 9.47 Å². The Morgan fingerprint density at radius 2 is 1.56 bits per heavy atom. The molecule has 0 N–H and O–H groups in total. The lowest BCUT2D eigenvalue weighted by molar-refractivity contribution is -0.175. The maximum atomic E-state index is 11.4. The zero-order valence-corrected chi connectivity index (χ0v) is 12.4. The SMILES string of the molecule is CCCCCCO[C@@H](C)OC(=O)CCCCCC. The van der Waals surface area contributed by atoms with E-state index in [1.165, 1.54) is 32.1 Å². The molecule has 0 fully saturated rings. The molecule has 0 aliphatic carbocycles. The first-order valence-corrected chi connectivity index (χ1v) is 7.51. The lowest BCUT2D eigenvalue weighted by Crippen LogP contribution is -2.18. The van der Waals surface area contributed by atoms with Gasteiger partial charge in [0.2, 0.25) is 0 Å². The van der Waals surface area contributed by atoms with Crippen LogP contribution in [0.4, 0.5) is 0 Å². The minimum atomic E-state index is -0.398. The molecule has 0 aromatic carbocycles. The third kappa shape index (κ3) is 11.9. The number of esters is 1. The van der Waals surface area contributed by atoms with E-state index in [0.29, 0.717) is 13.0 Å². The van der Waals surface area contributed by atoms with Crippen LogP contribution in [-0.4, -0.2) is 18.9 Å². The van der Waals surface area contributed by atoms with Gasteiger partial charge in [0, 0.05) is 6.42 Å². The topological polar surface area (TPSA) is 35.5 Å². The number of carbonyl (C=O) groups excluding carboxylic acids is 1. The van der Waals surface area contributed by atoms with E-state index < -0.39 is 6.29 Å². The number of ether oxygens (including phenoxy) is 2. The van der Waals surface area contributed by atoms with Gasteiger partial charge in [-0.2, -0.15) is 0 Å². The van der Waals surface area contributed by atoms with E-state index in [2.05, 4.69) is 13.8 Å². The van der Waals surface area contributed by atoms with E-state index in [9.17, 15) is 4.79 Å². The summed E-state index contributed by atoms with van der Waals surface area (Å²) >= 11 is 0. The van der Waals surface area contributed by atoms with Gasteiger partial charge in [0.05, 0.1) is 6.61 Å². The summed E-state index contributed by atoms with van der Waals surface area (Å²) in [5.74, 6) is -0.132. The van der Waals surface area contributed by atoms with E-state index in [1.807, 2.05) is 0 Å². The summed E-state index contributed by atoms with van der Waals surface area (Å²) in [6.07, 6.45) is 9.24. The molecule has 3 nitrogen and oxygen atoms in total. The molecule has 0 rings (SSSR count). The molecule has 0 aromatic heterocycles. The Morgan fingerprint density at radius 1 is 0.944 bits per heavy atom. The van der Waals surface area contributed by atoms with Crippen LogP contribution in [0.1, 0.15) is 78.6 Å². The number of unbranched alkanes of at least 4 members (excludes halogenated alkanes) is 6. The predicted molar refractivity (Wildman–Crippen MR) is 74.4 cm³/mol. The Morgan fingerprint density at radius 3 is 2.17 bits per heavy atom. The number of hydrogen-bond acceptors (Lipinski definition) is 3. The van der Waals surface area contributed by atoms with Crippen molar-refractivity contribution in [3.8, 4) is 0 Å². The van der Waals surface area contributed by atoms with Crippen molar-refractivity contribution in [1.29, 1.82) is 0 Å². The van der Waals surface area contributed by atoms with Crippen LogP contribution in [0.25, 0.3) is 0 Å². The summed E-state index contributed by atoms with van der Waals surface area (Å²) in [6.45, 7) is 6.82. The molecular formula is C15H30O3. The fourth-order valence-corrected chi connectivity index (χ4v) is 1.75. The second-order valence-electron chi connectivity index (χ2n) is 4.80. The van der Waals surface area contributed by atoms with Crippen molar-refractivity contribution in [3.05, 3.63) is 0 Å². The second kappa shape index (κ2) is 12.9. The van der Waals surface area contributed by atoms with Gasteiger partial charge >= 0.3 is 5.97 Å². The van der Waals surface area contributed by atoms with Gasteiger partial charge in [-0.05, 0) is 19.8 Å². The fourth-order valence-electron chi connectivity index (χ4n) is 1.75. The van der Waals surface area contributed by atoms with Crippen molar-refractivity contribution in [2.75, 3.05) is 6.61 Å². The number of hydrogen-bond donors (Lipinski definition) is 0. The molecule has 0 spiro atoms. The van der Waals surface area contributed by atoms with Crippen molar-refractivity contribution in [1.82, 2.24) is 0 Å². The lowest BCUT2D eigenvalue weighted by atomic mass is 10.2. The molecule has 0 radical (unpaired) electrons. The van der Waals surface area contributed by atoms with Gasteiger partial charge in [0.25, 0.3) is 0 Å². The van der Waals surface area contributed by atoms with E-state index in [-0.39, 0.29) is 5.97 Å². The Hall–Kier alpha value is -0.570. The van der Waals surface area contributed by atoms with Crippen LogP contribution in [-0.2, 0) is 14.3 Å².